The quantitative estimate of drug-likeness (QED) is 0.903. The fraction of sp³-hybridized carbons (Fsp3) is 0.632. The summed E-state index contributed by atoms with van der Waals surface area (Å²) in [6, 6.07) is 9.08. The molecule has 0 atom stereocenters. The van der Waals surface area contributed by atoms with Crippen molar-refractivity contribution in [2.24, 2.45) is 0 Å². The van der Waals surface area contributed by atoms with Crippen LogP contribution in [0.1, 0.15) is 37.3 Å². The Labute approximate surface area is 139 Å². The molecule has 0 bridgehead atoms. The number of hydrogen-bond donors (Lipinski definition) is 1. The smallest absolute Gasteiger partial charge is 0.237 e. The molecule has 0 aromatic heterocycles. The van der Waals surface area contributed by atoms with Crippen LogP contribution in [-0.2, 0) is 17.8 Å². The molecule has 1 N–H and O–H groups in total. The van der Waals surface area contributed by atoms with Crippen molar-refractivity contribution in [1.29, 1.82) is 0 Å². The van der Waals surface area contributed by atoms with Crippen LogP contribution in [0.3, 0.4) is 0 Å². The summed E-state index contributed by atoms with van der Waals surface area (Å²) in [7, 11) is 0. The number of nitrogens with one attached hydrogen (secondary N) is 1. The highest BCUT2D eigenvalue weighted by atomic mass is 16.2. The Morgan fingerprint density at radius 1 is 1.26 bits per heavy atom. The Bertz CT molecular complexity index is 525. The van der Waals surface area contributed by atoms with Gasteiger partial charge in [0.15, 0.2) is 0 Å². The molecule has 0 unspecified atom stereocenters. The lowest BCUT2D eigenvalue weighted by Crippen LogP contribution is -2.49. The zero-order valence-electron chi connectivity index (χ0n) is 14.3. The largest absolute Gasteiger partial charge is 0.337 e. The van der Waals surface area contributed by atoms with Crippen molar-refractivity contribution in [3.63, 3.8) is 0 Å². The van der Waals surface area contributed by atoms with E-state index in [1.165, 1.54) is 11.1 Å². The van der Waals surface area contributed by atoms with Gasteiger partial charge in [0.25, 0.3) is 0 Å². The maximum absolute atomic E-state index is 12.8. The fourth-order valence-corrected chi connectivity index (χ4v) is 3.83. The molecule has 2 aliphatic rings. The summed E-state index contributed by atoms with van der Waals surface area (Å²) in [5.41, 5.74) is 2.72. The lowest BCUT2D eigenvalue weighted by atomic mass is 9.99. The van der Waals surface area contributed by atoms with Crippen LogP contribution in [0.5, 0.6) is 0 Å². The molecule has 4 nitrogen and oxygen atoms in total. The molecule has 0 radical (unpaired) electrons. The minimum atomic E-state index is 0.298. The molecule has 1 aromatic rings. The van der Waals surface area contributed by atoms with Gasteiger partial charge in [-0.3, -0.25) is 9.69 Å². The van der Waals surface area contributed by atoms with Crippen molar-refractivity contribution in [2.45, 2.75) is 45.2 Å². The monoisotopic (exact) mass is 315 g/mol. The second kappa shape index (κ2) is 7.93. The van der Waals surface area contributed by atoms with Crippen molar-refractivity contribution in [1.82, 2.24) is 15.1 Å². The number of benzene rings is 1. The van der Waals surface area contributed by atoms with Crippen molar-refractivity contribution in [3.8, 4) is 0 Å². The second-order valence-electron chi connectivity index (χ2n) is 6.79. The third-order valence-corrected chi connectivity index (χ3v) is 5.16. The van der Waals surface area contributed by atoms with Gasteiger partial charge in [-0.1, -0.05) is 31.2 Å². The second-order valence-corrected chi connectivity index (χ2v) is 6.79. The number of nitrogens with zero attached hydrogens (tertiary/aromatic N) is 2. The Kier molecular flexibility index (Phi) is 5.68. The van der Waals surface area contributed by atoms with Crippen molar-refractivity contribution >= 4 is 5.91 Å². The van der Waals surface area contributed by atoms with Gasteiger partial charge in [-0.2, -0.15) is 0 Å². The minimum Gasteiger partial charge on any atom is -0.337 e. The van der Waals surface area contributed by atoms with E-state index < -0.39 is 0 Å². The van der Waals surface area contributed by atoms with Gasteiger partial charge >= 0.3 is 0 Å². The average Bonchev–Trinajstić information content (AvgIpc) is 2.61. The number of carbonyl (C=O) groups is 1. The summed E-state index contributed by atoms with van der Waals surface area (Å²) < 4.78 is 0. The van der Waals surface area contributed by atoms with Crippen LogP contribution in [-0.4, -0.2) is 54.5 Å². The van der Waals surface area contributed by atoms with Crippen molar-refractivity contribution in [2.75, 3.05) is 32.7 Å². The Morgan fingerprint density at radius 3 is 2.74 bits per heavy atom. The molecule has 4 heteroatoms. The lowest BCUT2D eigenvalue weighted by molar-refractivity contribution is -0.134. The molecule has 0 spiro atoms. The van der Waals surface area contributed by atoms with Gasteiger partial charge in [0.1, 0.15) is 0 Å². The maximum atomic E-state index is 12.8. The predicted molar refractivity (Wildman–Crippen MR) is 93.3 cm³/mol. The van der Waals surface area contributed by atoms with Crippen LogP contribution < -0.4 is 5.32 Å². The molecule has 1 saturated heterocycles. The van der Waals surface area contributed by atoms with E-state index >= 15 is 0 Å². The number of hydrogen-bond acceptors (Lipinski definition) is 3. The summed E-state index contributed by atoms with van der Waals surface area (Å²) >= 11 is 0. The Morgan fingerprint density at radius 2 is 2.00 bits per heavy atom. The van der Waals surface area contributed by atoms with Crippen LogP contribution in [0.2, 0.25) is 0 Å². The minimum absolute atomic E-state index is 0.298. The van der Waals surface area contributed by atoms with Crippen LogP contribution in [0.25, 0.3) is 0 Å². The zero-order chi connectivity index (χ0) is 16.1. The number of rotatable bonds is 5. The summed E-state index contributed by atoms with van der Waals surface area (Å²) in [5, 5.41) is 3.42. The highest BCUT2D eigenvalue weighted by molar-refractivity contribution is 5.78. The number of amides is 1. The molecule has 2 heterocycles. The van der Waals surface area contributed by atoms with Crippen molar-refractivity contribution in [3.05, 3.63) is 35.4 Å². The highest BCUT2D eigenvalue weighted by Crippen LogP contribution is 2.19. The van der Waals surface area contributed by atoms with Gasteiger partial charge in [0, 0.05) is 19.1 Å². The van der Waals surface area contributed by atoms with Gasteiger partial charge in [-0.05, 0) is 56.4 Å². The molecule has 126 valence electrons. The third-order valence-electron chi connectivity index (χ3n) is 5.16. The van der Waals surface area contributed by atoms with Crippen molar-refractivity contribution < 1.29 is 4.79 Å². The van der Waals surface area contributed by atoms with Gasteiger partial charge in [-0.15, -0.1) is 0 Å². The first-order valence-corrected chi connectivity index (χ1v) is 9.07. The summed E-state index contributed by atoms with van der Waals surface area (Å²) in [4.78, 5) is 17.3. The number of fused-ring (bicyclic) bond motifs is 1. The van der Waals surface area contributed by atoms with Crippen LogP contribution in [0.15, 0.2) is 24.3 Å². The van der Waals surface area contributed by atoms with E-state index in [0.29, 0.717) is 18.5 Å². The van der Waals surface area contributed by atoms with E-state index in [9.17, 15) is 4.79 Å². The van der Waals surface area contributed by atoms with Gasteiger partial charge in [0.2, 0.25) is 5.91 Å². The summed E-state index contributed by atoms with van der Waals surface area (Å²) in [6.07, 6.45) is 4.43. The van der Waals surface area contributed by atoms with E-state index in [2.05, 4.69) is 41.4 Å². The molecule has 2 aliphatic heterocycles. The van der Waals surface area contributed by atoms with Gasteiger partial charge < -0.3 is 10.2 Å². The molecule has 1 amide bonds. The topological polar surface area (TPSA) is 35.6 Å². The molecule has 1 aromatic carbocycles. The maximum Gasteiger partial charge on any atom is 0.237 e. The average molecular weight is 315 g/mol. The molecule has 0 aliphatic carbocycles. The molecular formula is C19H29N3O. The first-order valence-electron chi connectivity index (χ1n) is 9.07. The summed E-state index contributed by atoms with van der Waals surface area (Å²) in [6.45, 7) is 7.62. The first-order chi connectivity index (χ1) is 11.3. The normalized spacial score (nSPS) is 19.0. The lowest BCUT2D eigenvalue weighted by Gasteiger charge is -2.36. The highest BCUT2D eigenvalue weighted by Gasteiger charge is 2.26. The van der Waals surface area contributed by atoms with E-state index in [-0.39, 0.29) is 0 Å². The Hall–Kier alpha value is -1.39. The van der Waals surface area contributed by atoms with E-state index in [4.69, 9.17) is 0 Å². The molecular weight excluding hydrogens is 286 g/mol. The Balaban J connectivity index is 1.60. The zero-order valence-corrected chi connectivity index (χ0v) is 14.3. The molecule has 1 fully saturated rings. The number of carbonyl (C=O) groups excluding carboxylic acids is 1. The van der Waals surface area contributed by atoms with Crippen LogP contribution >= 0.6 is 0 Å². The van der Waals surface area contributed by atoms with E-state index in [1.54, 1.807) is 0 Å². The third kappa shape index (κ3) is 4.12. The van der Waals surface area contributed by atoms with Crippen LogP contribution in [0.4, 0.5) is 0 Å². The molecule has 23 heavy (non-hydrogen) atoms. The fourth-order valence-electron chi connectivity index (χ4n) is 3.83. The molecule has 0 saturated carbocycles. The van der Waals surface area contributed by atoms with E-state index in [0.717, 1.165) is 58.4 Å². The standard InChI is InChI=1S/C19H29N3O/c1-2-12-21(18-7-10-20-11-8-18)15-19(23)22-13-9-16-5-3-4-6-17(16)14-22/h3-6,18,20H,2,7-15H2,1H3. The summed E-state index contributed by atoms with van der Waals surface area (Å²) in [5.74, 6) is 0.298. The number of piperidine rings is 1. The van der Waals surface area contributed by atoms with Gasteiger partial charge in [0.05, 0.1) is 6.54 Å². The van der Waals surface area contributed by atoms with E-state index in [1.807, 2.05) is 4.90 Å². The SMILES string of the molecule is CCCN(CC(=O)N1CCc2ccccc2C1)C1CCNCC1. The first kappa shape index (κ1) is 16.5. The molecule has 3 rings (SSSR count). The predicted octanol–water partition coefficient (Wildman–Crippen LogP) is 2.04. The van der Waals surface area contributed by atoms with Gasteiger partial charge in [-0.25, -0.2) is 0 Å². The van der Waals surface area contributed by atoms with Crippen LogP contribution in [0, 0.1) is 0 Å².